The van der Waals surface area contributed by atoms with E-state index in [4.69, 9.17) is 0 Å². The van der Waals surface area contributed by atoms with E-state index in [0.29, 0.717) is 0 Å². The highest BCUT2D eigenvalue weighted by Gasteiger charge is 2.05. The average Bonchev–Trinajstić information content (AvgIpc) is 2.44. The normalized spacial score (nSPS) is 11.1. The van der Waals surface area contributed by atoms with Crippen molar-refractivity contribution in [3.8, 4) is 0 Å². The maximum Gasteiger partial charge on any atom is 0.0481 e. The summed E-state index contributed by atoms with van der Waals surface area (Å²) in [6, 6.07) is 6.47. The van der Waals surface area contributed by atoms with Crippen LogP contribution in [0, 0.1) is 0 Å². The molecule has 74 valence electrons. The number of hydrogen-bond acceptors (Lipinski definition) is 0. The van der Waals surface area contributed by atoms with Crippen molar-refractivity contribution in [3.63, 3.8) is 0 Å². The largest absolute Gasteiger partial charge is 0.350 e. The van der Waals surface area contributed by atoms with Crippen LogP contribution in [-0.2, 0) is 13.5 Å². The van der Waals surface area contributed by atoms with Gasteiger partial charge in [0.2, 0.25) is 0 Å². The van der Waals surface area contributed by atoms with Gasteiger partial charge in [0.25, 0.3) is 0 Å². The van der Waals surface area contributed by atoms with Crippen LogP contribution in [0.15, 0.2) is 28.9 Å². The third-order valence-electron chi connectivity index (χ3n) is 2.55. The first-order chi connectivity index (χ1) is 6.72. The molecule has 14 heavy (non-hydrogen) atoms. The van der Waals surface area contributed by atoms with E-state index >= 15 is 0 Å². The van der Waals surface area contributed by atoms with Crippen molar-refractivity contribution in [2.45, 2.75) is 19.8 Å². The fourth-order valence-corrected chi connectivity index (χ4v) is 2.28. The number of rotatable bonds is 2. The standard InChI is InChI=1S/C12H14BrN/c1-3-4-9-8-14(2)12-6-5-10(13)7-11(9)12/h5-8H,3-4H2,1-2H3. The molecule has 0 aliphatic carbocycles. The highest BCUT2D eigenvalue weighted by atomic mass is 79.9. The maximum atomic E-state index is 3.52. The van der Waals surface area contributed by atoms with Gasteiger partial charge in [-0.3, -0.25) is 0 Å². The van der Waals surface area contributed by atoms with Crippen molar-refractivity contribution in [1.82, 2.24) is 4.57 Å². The molecule has 0 spiro atoms. The monoisotopic (exact) mass is 251 g/mol. The van der Waals surface area contributed by atoms with Crippen LogP contribution in [0.4, 0.5) is 0 Å². The predicted octanol–water partition coefficient (Wildman–Crippen LogP) is 3.89. The van der Waals surface area contributed by atoms with Gasteiger partial charge < -0.3 is 4.57 Å². The molecule has 1 heterocycles. The van der Waals surface area contributed by atoms with Crippen molar-refractivity contribution in [1.29, 1.82) is 0 Å². The first-order valence-corrected chi connectivity index (χ1v) is 5.75. The van der Waals surface area contributed by atoms with Crippen LogP contribution >= 0.6 is 15.9 Å². The molecule has 0 atom stereocenters. The summed E-state index contributed by atoms with van der Waals surface area (Å²) < 4.78 is 3.36. The number of nitrogens with zero attached hydrogens (tertiary/aromatic N) is 1. The van der Waals surface area contributed by atoms with Crippen LogP contribution in [0.1, 0.15) is 18.9 Å². The molecule has 1 nitrogen and oxygen atoms in total. The summed E-state index contributed by atoms with van der Waals surface area (Å²) in [5, 5.41) is 1.38. The smallest absolute Gasteiger partial charge is 0.0481 e. The third-order valence-corrected chi connectivity index (χ3v) is 3.05. The Labute approximate surface area is 92.9 Å². The Bertz CT molecular complexity index is 457. The molecule has 0 aliphatic heterocycles. The molecule has 0 radical (unpaired) electrons. The topological polar surface area (TPSA) is 4.93 Å². The molecule has 1 aromatic carbocycles. The molecule has 0 fully saturated rings. The van der Waals surface area contributed by atoms with Crippen molar-refractivity contribution in [3.05, 3.63) is 34.4 Å². The summed E-state index contributed by atoms with van der Waals surface area (Å²) in [4.78, 5) is 0. The van der Waals surface area contributed by atoms with E-state index in [0.717, 1.165) is 10.9 Å². The average molecular weight is 252 g/mol. The van der Waals surface area contributed by atoms with Crippen LogP contribution in [0.2, 0.25) is 0 Å². The summed E-state index contributed by atoms with van der Waals surface area (Å²) >= 11 is 3.52. The van der Waals surface area contributed by atoms with Gasteiger partial charge in [0.1, 0.15) is 0 Å². The van der Waals surface area contributed by atoms with Gasteiger partial charge in [-0.25, -0.2) is 0 Å². The van der Waals surface area contributed by atoms with E-state index in [2.05, 4.69) is 58.9 Å². The molecule has 2 aromatic rings. The Morgan fingerprint density at radius 1 is 1.36 bits per heavy atom. The zero-order chi connectivity index (χ0) is 10.1. The van der Waals surface area contributed by atoms with Crippen LogP contribution in [-0.4, -0.2) is 4.57 Å². The van der Waals surface area contributed by atoms with Gasteiger partial charge in [-0.1, -0.05) is 29.3 Å². The molecular weight excluding hydrogens is 238 g/mol. The highest BCUT2D eigenvalue weighted by molar-refractivity contribution is 9.10. The van der Waals surface area contributed by atoms with Crippen LogP contribution in [0.5, 0.6) is 0 Å². The Hall–Kier alpha value is -0.760. The zero-order valence-electron chi connectivity index (χ0n) is 8.55. The summed E-state index contributed by atoms with van der Waals surface area (Å²) in [6.07, 6.45) is 4.60. The summed E-state index contributed by atoms with van der Waals surface area (Å²) in [6.45, 7) is 2.22. The minimum atomic E-state index is 1.16. The quantitative estimate of drug-likeness (QED) is 0.764. The number of halogens is 1. The fraction of sp³-hybridized carbons (Fsp3) is 0.333. The van der Waals surface area contributed by atoms with Crippen molar-refractivity contribution in [2.24, 2.45) is 7.05 Å². The molecular formula is C12H14BrN. The van der Waals surface area contributed by atoms with E-state index < -0.39 is 0 Å². The van der Waals surface area contributed by atoms with Gasteiger partial charge in [-0.2, -0.15) is 0 Å². The SMILES string of the molecule is CCCc1cn(C)c2ccc(Br)cc12. The molecule has 0 unspecified atom stereocenters. The van der Waals surface area contributed by atoms with Crippen molar-refractivity contribution < 1.29 is 0 Å². The van der Waals surface area contributed by atoms with Crippen molar-refractivity contribution >= 4 is 26.8 Å². The molecule has 2 rings (SSSR count). The summed E-state index contributed by atoms with van der Waals surface area (Å²) in [5.41, 5.74) is 2.77. The number of hydrogen-bond donors (Lipinski definition) is 0. The molecule has 2 heteroatoms. The minimum absolute atomic E-state index is 1.16. The molecule has 0 amide bonds. The Kier molecular flexibility index (Phi) is 2.64. The number of benzene rings is 1. The van der Waals surface area contributed by atoms with E-state index in [-0.39, 0.29) is 0 Å². The van der Waals surface area contributed by atoms with E-state index in [1.807, 2.05) is 0 Å². The van der Waals surface area contributed by atoms with E-state index in [1.165, 1.54) is 22.9 Å². The second kappa shape index (κ2) is 3.77. The summed E-state index contributed by atoms with van der Waals surface area (Å²) in [7, 11) is 2.11. The Balaban J connectivity index is 2.66. The first-order valence-electron chi connectivity index (χ1n) is 4.96. The van der Waals surface area contributed by atoms with Gasteiger partial charge in [0.15, 0.2) is 0 Å². The van der Waals surface area contributed by atoms with Crippen LogP contribution in [0.25, 0.3) is 10.9 Å². The number of fused-ring (bicyclic) bond motifs is 1. The maximum absolute atomic E-state index is 3.52. The molecule has 0 saturated carbocycles. The Morgan fingerprint density at radius 3 is 2.86 bits per heavy atom. The highest BCUT2D eigenvalue weighted by Crippen LogP contribution is 2.25. The van der Waals surface area contributed by atoms with Gasteiger partial charge >= 0.3 is 0 Å². The van der Waals surface area contributed by atoms with Gasteiger partial charge in [-0.15, -0.1) is 0 Å². The second-order valence-electron chi connectivity index (χ2n) is 3.68. The zero-order valence-corrected chi connectivity index (χ0v) is 10.1. The lowest BCUT2D eigenvalue weighted by atomic mass is 10.1. The lowest BCUT2D eigenvalue weighted by Gasteiger charge is -1.97. The fourth-order valence-electron chi connectivity index (χ4n) is 1.91. The van der Waals surface area contributed by atoms with E-state index in [1.54, 1.807) is 0 Å². The van der Waals surface area contributed by atoms with Crippen LogP contribution in [0.3, 0.4) is 0 Å². The van der Waals surface area contributed by atoms with Crippen LogP contribution < -0.4 is 0 Å². The third kappa shape index (κ3) is 1.59. The second-order valence-corrected chi connectivity index (χ2v) is 4.59. The first kappa shape index (κ1) is 9.78. The van der Waals surface area contributed by atoms with Crippen molar-refractivity contribution in [2.75, 3.05) is 0 Å². The Morgan fingerprint density at radius 2 is 2.14 bits per heavy atom. The molecule has 0 saturated heterocycles. The molecule has 1 aromatic heterocycles. The lowest BCUT2D eigenvalue weighted by Crippen LogP contribution is -1.82. The van der Waals surface area contributed by atoms with E-state index in [9.17, 15) is 0 Å². The number of aryl methyl sites for hydroxylation is 2. The molecule has 0 N–H and O–H groups in total. The molecule has 0 aliphatic rings. The van der Waals surface area contributed by atoms with Gasteiger partial charge in [-0.05, 0) is 30.2 Å². The predicted molar refractivity (Wildman–Crippen MR) is 64.6 cm³/mol. The lowest BCUT2D eigenvalue weighted by molar-refractivity contribution is 0.903. The number of aromatic nitrogens is 1. The van der Waals surface area contributed by atoms with Gasteiger partial charge in [0.05, 0.1) is 0 Å². The summed E-state index contributed by atoms with van der Waals surface area (Å²) in [5.74, 6) is 0. The minimum Gasteiger partial charge on any atom is -0.350 e. The molecule has 0 bridgehead atoms. The van der Waals surface area contributed by atoms with Gasteiger partial charge in [0, 0.05) is 28.6 Å².